The van der Waals surface area contributed by atoms with Crippen molar-refractivity contribution in [1.29, 1.82) is 0 Å². The molecule has 0 aromatic carbocycles. The fraction of sp³-hybridized carbons (Fsp3) is 0.929. The van der Waals surface area contributed by atoms with Crippen LogP contribution in [0, 0.1) is 5.92 Å². The molecule has 0 aromatic rings. The third-order valence-electron chi connectivity index (χ3n) is 3.90. The summed E-state index contributed by atoms with van der Waals surface area (Å²) in [5.41, 5.74) is 5.52. The zero-order chi connectivity index (χ0) is 13.4. The van der Waals surface area contributed by atoms with Gasteiger partial charge in [-0.15, -0.1) is 0 Å². The number of carbonyl (C=O) groups excluding carboxylic acids is 1. The molecule has 4 heteroatoms. The van der Waals surface area contributed by atoms with E-state index in [1.54, 1.807) is 0 Å². The molecule has 1 aliphatic rings. The highest BCUT2D eigenvalue weighted by Gasteiger charge is 2.27. The fourth-order valence-electron chi connectivity index (χ4n) is 2.73. The zero-order valence-electron chi connectivity index (χ0n) is 11.6. The molecule has 0 saturated carbocycles. The molecule has 1 heterocycles. The van der Waals surface area contributed by atoms with Crippen molar-refractivity contribution in [2.45, 2.75) is 57.9 Å². The first-order valence-electron chi connectivity index (χ1n) is 7.29. The van der Waals surface area contributed by atoms with Gasteiger partial charge in [0.15, 0.2) is 0 Å². The molecule has 18 heavy (non-hydrogen) atoms. The van der Waals surface area contributed by atoms with Gasteiger partial charge in [0.05, 0.1) is 0 Å². The lowest BCUT2D eigenvalue weighted by atomic mass is 10.0. The fourth-order valence-corrected chi connectivity index (χ4v) is 2.73. The van der Waals surface area contributed by atoms with Crippen molar-refractivity contribution in [3.05, 3.63) is 0 Å². The monoisotopic (exact) mass is 256 g/mol. The minimum atomic E-state index is 0.228. The van der Waals surface area contributed by atoms with Crippen LogP contribution in [0.25, 0.3) is 0 Å². The van der Waals surface area contributed by atoms with Crippen molar-refractivity contribution >= 4 is 5.91 Å². The van der Waals surface area contributed by atoms with Gasteiger partial charge in [-0.3, -0.25) is 4.79 Å². The Balaban J connectivity index is 2.31. The van der Waals surface area contributed by atoms with E-state index in [0.717, 1.165) is 45.1 Å². The molecule has 1 amide bonds. The summed E-state index contributed by atoms with van der Waals surface area (Å²) in [4.78, 5) is 14.2. The summed E-state index contributed by atoms with van der Waals surface area (Å²) >= 11 is 0. The highest BCUT2D eigenvalue weighted by Crippen LogP contribution is 2.23. The third kappa shape index (κ3) is 4.94. The summed E-state index contributed by atoms with van der Waals surface area (Å²) in [5.74, 6) is 0.830. The summed E-state index contributed by atoms with van der Waals surface area (Å²) in [6, 6.07) is 0.370. The maximum absolute atomic E-state index is 12.2. The number of likely N-dealkylation sites (tertiary alicyclic amines) is 1. The molecular weight excluding hydrogens is 228 g/mol. The largest absolute Gasteiger partial charge is 0.396 e. The Kier molecular flexibility index (Phi) is 7.28. The van der Waals surface area contributed by atoms with E-state index in [-0.39, 0.29) is 6.61 Å². The lowest BCUT2D eigenvalue weighted by molar-refractivity contribution is -0.132. The zero-order valence-corrected chi connectivity index (χ0v) is 11.6. The van der Waals surface area contributed by atoms with Crippen molar-refractivity contribution in [3.63, 3.8) is 0 Å². The third-order valence-corrected chi connectivity index (χ3v) is 3.90. The van der Waals surface area contributed by atoms with Gasteiger partial charge in [0, 0.05) is 25.6 Å². The number of amides is 1. The Morgan fingerprint density at radius 2 is 2.28 bits per heavy atom. The number of hydrogen-bond acceptors (Lipinski definition) is 3. The van der Waals surface area contributed by atoms with E-state index in [0.29, 0.717) is 30.8 Å². The first-order valence-corrected chi connectivity index (χ1v) is 7.29. The Morgan fingerprint density at radius 3 is 2.94 bits per heavy atom. The second-order valence-corrected chi connectivity index (χ2v) is 5.47. The average Bonchev–Trinajstić information content (AvgIpc) is 2.82. The summed E-state index contributed by atoms with van der Waals surface area (Å²) in [5, 5.41) is 8.87. The molecule has 1 saturated heterocycles. The molecule has 0 aromatic heterocycles. The minimum Gasteiger partial charge on any atom is -0.396 e. The number of aliphatic hydroxyl groups excluding tert-OH is 1. The first kappa shape index (κ1) is 15.4. The van der Waals surface area contributed by atoms with Crippen LogP contribution in [0.5, 0.6) is 0 Å². The molecule has 1 rings (SSSR count). The maximum Gasteiger partial charge on any atom is 0.222 e. The number of aliphatic hydroxyl groups is 1. The Labute approximate surface area is 111 Å². The number of rotatable bonds is 8. The van der Waals surface area contributed by atoms with Gasteiger partial charge in [0.25, 0.3) is 0 Å². The van der Waals surface area contributed by atoms with Gasteiger partial charge in [-0.05, 0) is 51.0 Å². The minimum absolute atomic E-state index is 0.228. The number of nitrogens with two attached hydrogens (primary N) is 1. The lowest BCUT2D eigenvalue weighted by Crippen LogP contribution is -2.35. The van der Waals surface area contributed by atoms with E-state index in [4.69, 9.17) is 10.8 Å². The maximum atomic E-state index is 12.2. The van der Waals surface area contributed by atoms with Gasteiger partial charge in [-0.2, -0.15) is 0 Å². The Hall–Kier alpha value is -0.610. The van der Waals surface area contributed by atoms with Crippen molar-refractivity contribution in [2.24, 2.45) is 11.7 Å². The van der Waals surface area contributed by atoms with Gasteiger partial charge < -0.3 is 15.7 Å². The van der Waals surface area contributed by atoms with Crippen LogP contribution in [-0.4, -0.2) is 41.7 Å². The van der Waals surface area contributed by atoms with Crippen LogP contribution < -0.4 is 5.73 Å². The molecule has 4 nitrogen and oxygen atoms in total. The van der Waals surface area contributed by atoms with Crippen molar-refractivity contribution < 1.29 is 9.90 Å². The van der Waals surface area contributed by atoms with E-state index in [1.165, 1.54) is 0 Å². The Bertz CT molecular complexity index is 246. The van der Waals surface area contributed by atoms with Gasteiger partial charge in [0.1, 0.15) is 0 Å². The van der Waals surface area contributed by atoms with E-state index >= 15 is 0 Å². The summed E-state index contributed by atoms with van der Waals surface area (Å²) in [6.45, 7) is 4.00. The van der Waals surface area contributed by atoms with Crippen LogP contribution in [0.2, 0.25) is 0 Å². The van der Waals surface area contributed by atoms with E-state index in [2.05, 4.69) is 6.92 Å². The van der Waals surface area contributed by atoms with E-state index < -0.39 is 0 Å². The Morgan fingerprint density at radius 1 is 1.50 bits per heavy atom. The summed E-state index contributed by atoms with van der Waals surface area (Å²) in [6.07, 6.45) is 6.56. The first-order chi connectivity index (χ1) is 8.69. The molecule has 2 atom stereocenters. The van der Waals surface area contributed by atoms with Gasteiger partial charge >= 0.3 is 0 Å². The highest BCUT2D eigenvalue weighted by molar-refractivity contribution is 5.76. The van der Waals surface area contributed by atoms with Crippen LogP contribution in [0.15, 0.2) is 0 Å². The van der Waals surface area contributed by atoms with E-state index in [1.807, 2.05) is 4.90 Å². The quantitative estimate of drug-likeness (QED) is 0.692. The van der Waals surface area contributed by atoms with Crippen LogP contribution >= 0.6 is 0 Å². The van der Waals surface area contributed by atoms with Crippen LogP contribution in [0.1, 0.15) is 51.9 Å². The summed E-state index contributed by atoms with van der Waals surface area (Å²) < 4.78 is 0. The molecule has 0 spiro atoms. The second kappa shape index (κ2) is 8.48. The lowest BCUT2D eigenvalue weighted by Gasteiger charge is -2.25. The van der Waals surface area contributed by atoms with Gasteiger partial charge in [-0.25, -0.2) is 0 Å². The number of nitrogens with zero attached hydrogens (tertiary/aromatic N) is 1. The average molecular weight is 256 g/mol. The van der Waals surface area contributed by atoms with Crippen LogP contribution in [0.3, 0.4) is 0 Å². The van der Waals surface area contributed by atoms with Crippen molar-refractivity contribution in [1.82, 2.24) is 4.90 Å². The molecule has 0 bridgehead atoms. The number of carbonyl (C=O) groups is 1. The van der Waals surface area contributed by atoms with Crippen molar-refractivity contribution in [3.8, 4) is 0 Å². The standard InChI is InChI=1S/C14H28N2O2/c1-12(8-9-15)6-7-14(18)16-10-2-4-13(16)5-3-11-17/h12-13,17H,2-11,15H2,1H3. The molecule has 2 unspecified atom stereocenters. The van der Waals surface area contributed by atoms with E-state index in [9.17, 15) is 4.79 Å². The SMILES string of the molecule is CC(CCN)CCC(=O)N1CCCC1CCCO. The molecule has 0 radical (unpaired) electrons. The molecule has 106 valence electrons. The van der Waals surface area contributed by atoms with Crippen molar-refractivity contribution in [2.75, 3.05) is 19.7 Å². The molecule has 3 N–H and O–H groups in total. The summed E-state index contributed by atoms with van der Waals surface area (Å²) in [7, 11) is 0. The number of hydrogen-bond donors (Lipinski definition) is 2. The molecular formula is C14H28N2O2. The predicted octanol–water partition coefficient (Wildman–Crippen LogP) is 1.51. The van der Waals surface area contributed by atoms with Gasteiger partial charge in [-0.1, -0.05) is 6.92 Å². The molecule has 0 aliphatic carbocycles. The van der Waals surface area contributed by atoms with Crippen LogP contribution in [0.4, 0.5) is 0 Å². The predicted molar refractivity (Wildman–Crippen MR) is 73.1 cm³/mol. The highest BCUT2D eigenvalue weighted by atomic mass is 16.3. The molecule has 1 aliphatic heterocycles. The van der Waals surface area contributed by atoms with Crippen LogP contribution in [-0.2, 0) is 4.79 Å². The normalized spacial score (nSPS) is 21.3. The second-order valence-electron chi connectivity index (χ2n) is 5.47. The topological polar surface area (TPSA) is 66.6 Å². The van der Waals surface area contributed by atoms with Gasteiger partial charge in [0.2, 0.25) is 5.91 Å². The molecule has 1 fully saturated rings. The smallest absolute Gasteiger partial charge is 0.222 e.